The molecule has 7 nitrogen and oxygen atoms in total. The van der Waals surface area contributed by atoms with E-state index in [1.54, 1.807) is 31.2 Å². The number of hydrogen-bond donors (Lipinski definition) is 1. The van der Waals surface area contributed by atoms with Crippen molar-refractivity contribution in [1.82, 2.24) is 10.2 Å². The first-order valence-electron chi connectivity index (χ1n) is 5.90. The number of aryl methyl sites for hydroxylation is 1. The molecule has 2 aromatic rings. The van der Waals surface area contributed by atoms with Gasteiger partial charge in [-0.2, -0.15) is 0 Å². The van der Waals surface area contributed by atoms with Gasteiger partial charge >= 0.3 is 0 Å². The van der Waals surface area contributed by atoms with E-state index in [2.05, 4.69) is 15.5 Å². The Labute approximate surface area is 123 Å². The summed E-state index contributed by atoms with van der Waals surface area (Å²) in [5.74, 6) is -1.67. The van der Waals surface area contributed by atoms with Gasteiger partial charge in [0.05, 0.1) is 16.4 Å². The van der Waals surface area contributed by atoms with Gasteiger partial charge in [-0.3, -0.25) is 4.79 Å². The number of carbonyl (C=O) groups is 2. The molecule has 0 saturated carbocycles. The van der Waals surface area contributed by atoms with Crippen molar-refractivity contribution in [2.75, 3.05) is 5.32 Å². The maximum atomic E-state index is 12.0. The first kappa shape index (κ1) is 13.4. The average Bonchev–Trinajstić information content (AvgIpc) is 2.98. The van der Waals surface area contributed by atoms with E-state index in [1.807, 2.05) is 0 Å². The highest BCUT2D eigenvalue weighted by Gasteiger charge is 2.28. The number of nitrogens with one attached hydrogen (secondary N) is 1. The Kier molecular flexibility index (Phi) is 3.22. The summed E-state index contributed by atoms with van der Waals surface area (Å²) in [4.78, 5) is 23.2. The van der Waals surface area contributed by atoms with E-state index < -0.39 is 11.9 Å². The molecule has 0 saturated heterocycles. The van der Waals surface area contributed by atoms with E-state index in [0.717, 1.165) is 0 Å². The predicted molar refractivity (Wildman–Crippen MR) is 71.9 cm³/mol. The van der Waals surface area contributed by atoms with Crippen LogP contribution in [0.4, 0.5) is 5.69 Å². The van der Waals surface area contributed by atoms with Gasteiger partial charge in [-0.15, -0.1) is 10.2 Å². The Bertz CT molecular complexity index is 781. The van der Waals surface area contributed by atoms with Gasteiger partial charge in [-0.25, -0.2) is 0 Å². The Morgan fingerprint density at radius 2 is 2.10 bits per heavy atom. The molecule has 0 unspecified atom stereocenters. The third kappa shape index (κ3) is 2.40. The molecule has 21 heavy (non-hydrogen) atoms. The highest BCUT2D eigenvalue weighted by molar-refractivity contribution is 8.04. The average molecular weight is 302 g/mol. The molecule has 2 heterocycles. The molecular formula is C13H8N3O4S-. The second-order valence-electron chi connectivity index (χ2n) is 4.18. The van der Waals surface area contributed by atoms with E-state index in [0.29, 0.717) is 28.9 Å². The second kappa shape index (κ2) is 5.06. The van der Waals surface area contributed by atoms with Crippen LogP contribution < -0.4 is 10.4 Å². The van der Waals surface area contributed by atoms with Crippen molar-refractivity contribution >= 4 is 34.9 Å². The van der Waals surface area contributed by atoms with E-state index in [4.69, 9.17) is 4.42 Å². The van der Waals surface area contributed by atoms with Crippen molar-refractivity contribution in [3.05, 3.63) is 40.6 Å². The van der Waals surface area contributed by atoms with Crippen molar-refractivity contribution in [2.24, 2.45) is 0 Å². The minimum absolute atomic E-state index is 0.0338. The maximum Gasteiger partial charge on any atom is 0.281 e. The number of fused-ring (bicyclic) bond motifs is 1. The summed E-state index contributed by atoms with van der Waals surface area (Å²) in [6.45, 7) is 1.58. The Balaban J connectivity index is 2.11. The molecule has 1 N–H and O–H groups in total. The van der Waals surface area contributed by atoms with Crippen LogP contribution in [0.25, 0.3) is 5.57 Å². The summed E-state index contributed by atoms with van der Waals surface area (Å²) in [7, 11) is 0. The van der Waals surface area contributed by atoms with Crippen LogP contribution in [-0.2, 0) is 9.59 Å². The summed E-state index contributed by atoms with van der Waals surface area (Å²) in [5, 5.41) is 21.4. The molecule has 1 amide bonds. The van der Waals surface area contributed by atoms with E-state index in [9.17, 15) is 14.7 Å². The van der Waals surface area contributed by atoms with Crippen LogP contribution >= 0.6 is 11.8 Å². The minimum atomic E-state index is -1.47. The highest BCUT2D eigenvalue weighted by atomic mass is 32.2. The Hall–Kier alpha value is -2.61. The lowest BCUT2D eigenvalue weighted by atomic mass is 10.1. The molecule has 0 spiro atoms. The Morgan fingerprint density at radius 1 is 1.33 bits per heavy atom. The SMILES string of the molecule is Cc1nnc(S/C(C(=O)[O-])=C2/C(=O)Nc3ccccc32)o1. The van der Waals surface area contributed by atoms with Gasteiger partial charge in [0, 0.05) is 18.2 Å². The summed E-state index contributed by atoms with van der Waals surface area (Å²) >= 11 is 0.699. The zero-order valence-corrected chi connectivity index (χ0v) is 11.6. The zero-order chi connectivity index (χ0) is 15.0. The topological polar surface area (TPSA) is 108 Å². The number of amides is 1. The fourth-order valence-electron chi connectivity index (χ4n) is 1.94. The van der Waals surface area contributed by atoms with Gasteiger partial charge in [0.2, 0.25) is 5.89 Å². The summed E-state index contributed by atoms with van der Waals surface area (Å²) in [6.07, 6.45) is 0. The number of anilines is 1. The number of hydrogen-bond acceptors (Lipinski definition) is 7. The third-order valence-electron chi connectivity index (χ3n) is 2.78. The molecule has 1 aromatic carbocycles. The molecule has 1 aliphatic rings. The summed E-state index contributed by atoms with van der Waals surface area (Å²) in [5.41, 5.74) is 1.09. The quantitative estimate of drug-likeness (QED) is 0.652. The third-order valence-corrected chi connectivity index (χ3v) is 3.70. The van der Waals surface area contributed by atoms with Crippen LogP contribution in [-0.4, -0.2) is 22.1 Å². The number of benzene rings is 1. The minimum Gasteiger partial charge on any atom is -0.544 e. The van der Waals surface area contributed by atoms with Crippen LogP contribution in [0.5, 0.6) is 0 Å². The summed E-state index contributed by atoms with van der Waals surface area (Å²) < 4.78 is 5.13. The number of aromatic nitrogens is 2. The lowest BCUT2D eigenvalue weighted by Gasteiger charge is -2.08. The van der Waals surface area contributed by atoms with Gasteiger partial charge in [0.15, 0.2) is 0 Å². The molecule has 3 rings (SSSR count). The second-order valence-corrected chi connectivity index (χ2v) is 5.14. The number of rotatable bonds is 3. The Morgan fingerprint density at radius 3 is 2.76 bits per heavy atom. The van der Waals surface area contributed by atoms with Gasteiger partial charge in [0.1, 0.15) is 0 Å². The molecule has 0 radical (unpaired) electrons. The molecule has 1 aromatic heterocycles. The largest absolute Gasteiger partial charge is 0.544 e. The van der Waals surface area contributed by atoms with Crippen LogP contribution in [0, 0.1) is 6.92 Å². The number of nitrogens with zero attached hydrogens (tertiary/aromatic N) is 2. The standard InChI is InChI=1S/C13H9N3O4S/c1-6-15-16-13(20-6)21-10(12(18)19)9-7-4-2-3-5-8(7)14-11(9)17/h2-5H,1H3,(H,14,17)(H,18,19)/p-1/b10-9+. The highest BCUT2D eigenvalue weighted by Crippen LogP contribution is 2.38. The molecule has 106 valence electrons. The van der Waals surface area contributed by atoms with Crippen molar-refractivity contribution < 1.29 is 19.1 Å². The number of aliphatic carboxylic acids is 1. The van der Waals surface area contributed by atoms with Crippen LogP contribution in [0.2, 0.25) is 0 Å². The first-order valence-corrected chi connectivity index (χ1v) is 6.72. The van der Waals surface area contributed by atoms with Crippen molar-refractivity contribution in [3.63, 3.8) is 0 Å². The molecular weight excluding hydrogens is 294 g/mol. The molecule has 0 fully saturated rings. The van der Waals surface area contributed by atoms with E-state index in [1.165, 1.54) is 0 Å². The smallest absolute Gasteiger partial charge is 0.281 e. The molecule has 0 bridgehead atoms. The fraction of sp³-hybridized carbons (Fsp3) is 0.0769. The predicted octanol–water partition coefficient (Wildman–Crippen LogP) is 0.583. The van der Waals surface area contributed by atoms with Crippen LogP contribution in [0.15, 0.2) is 38.8 Å². The van der Waals surface area contributed by atoms with Crippen LogP contribution in [0.1, 0.15) is 11.5 Å². The van der Waals surface area contributed by atoms with Gasteiger partial charge in [-0.1, -0.05) is 18.2 Å². The van der Waals surface area contributed by atoms with Crippen molar-refractivity contribution in [1.29, 1.82) is 0 Å². The van der Waals surface area contributed by atoms with Crippen molar-refractivity contribution in [2.45, 2.75) is 12.1 Å². The van der Waals surface area contributed by atoms with E-state index >= 15 is 0 Å². The maximum absolute atomic E-state index is 12.0. The monoisotopic (exact) mass is 302 g/mol. The number of carbonyl (C=O) groups excluding carboxylic acids is 2. The van der Waals surface area contributed by atoms with Crippen molar-refractivity contribution in [3.8, 4) is 0 Å². The zero-order valence-electron chi connectivity index (χ0n) is 10.7. The van der Waals surface area contributed by atoms with Crippen LogP contribution in [0.3, 0.4) is 0 Å². The number of thioether (sulfide) groups is 1. The fourth-order valence-corrected chi connectivity index (χ4v) is 2.75. The summed E-state index contributed by atoms with van der Waals surface area (Å²) in [6, 6.07) is 6.81. The number of carboxylic acids is 1. The molecule has 0 aliphatic carbocycles. The molecule has 0 atom stereocenters. The van der Waals surface area contributed by atoms with Gasteiger partial charge in [0.25, 0.3) is 11.1 Å². The number of carboxylic acid groups (broad SMARTS) is 1. The lowest BCUT2D eigenvalue weighted by Crippen LogP contribution is -2.25. The van der Waals surface area contributed by atoms with Gasteiger partial charge < -0.3 is 19.6 Å². The number of para-hydroxylation sites is 1. The van der Waals surface area contributed by atoms with E-state index in [-0.39, 0.29) is 15.7 Å². The van der Waals surface area contributed by atoms with Gasteiger partial charge in [-0.05, 0) is 17.8 Å². The first-order chi connectivity index (χ1) is 10.1. The molecule has 1 aliphatic heterocycles. The molecule has 8 heteroatoms. The normalized spacial score (nSPS) is 15.6. The lowest BCUT2D eigenvalue weighted by molar-refractivity contribution is -0.298.